The number of halogens is 1. The number of anilines is 2. The number of carboxylic acid groups (broad SMARTS) is 1. The average molecular weight is 517 g/mol. The highest BCUT2D eigenvalue weighted by Crippen LogP contribution is 2.39. The van der Waals surface area contributed by atoms with Gasteiger partial charge in [-0.25, -0.2) is 13.2 Å². The van der Waals surface area contributed by atoms with Gasteiger partial charge < -0.3 is 19.9 Å². The molecule has 0 atom stereocenters. The predicted octanol–water partition coefficient (Wildman–Crippen LogP) is 4.20. The summed E-state index contributed by atoms with van der Waals surface area (Å²) in [5.74, 6) is -1.13. The third kappa shape index (κ3) is 4.75. The fourth-order valence-electron chi connectivity index (χ4n) is 3.69. The van der Waals surface area contributed by atoms with E-state index in [4.69, 9.17) is 26.2 Å². The fourth-order valence-corrected chi connectivity index (χ4v) is 5.56. The molecule has 0 unspecified atom stereocenters. The lowest BCUT2D eigenvalue weighted by atomic mass is 10.1. The molecule has 35 heavy (non-hydrogen) atoms. The molecule has 2 N–H and O–H groups in total. The summed E-state index contributed by atoms with van der Waals surface area (Å²) in [6, 6.07) is 13.1. The molecule has 182 valence electrons. The van der Waals surface area contributed by atoms with Crippen LogP contribution in [0.15, 0.2) is 59.5 Å². The standard InChI is InChI=1S/C24H21ClN2O7S/c1-14-11-16(24(29)30)3-6-18(14)26-23(28)15-4-7-20-19(12-15)27(9-10-34-20)35(31,32)22-13-17(25)5-8-21(22)33-2/h3-8,11-13H,9-10H2,1-2H3,(H,26,28)(H,29,30). The monoisotopic (exact) mass is 516 g/mol. The van der Waals surface area contributed by atoms with Crippen molar-refractivity contribution in [3.8, 4) is 11.5 Å². The number of benzene rings is 3. The minimum Gasteiger partial charge on any atom is -0.495 e. The lowest BCUT2D eigenvalue weighted by Gasteiger charge is -2.31. The van der Waals surface area contributed by atoms with E-state index in [2.05, 4.69) is 5.32 Å². The molecule has 3 aromatic rings. The quantitative estimate of drug-likeness (QED) is 0.503. The van der Waals surface area contributed by atoms with E-state index < -0.39 is 21.9 Å². The van der Waals surface area contributed by atoms with Crippen molar-refractivity contribution >= 4 is 44.9 Å². The van der Waals surface area contributed by atoms with E-state index in [1.54, 1.807) is 6.92 Å². The number of hydrogen-bond donors (Lipinski definition) is 2. The third-order valence-electron chi connectivity index (χ3n) is 5.46. The van der Waals surface area contributed by atoms with Crippen LogP contribution in [-0.4, -0.2) is 45.7 Å². The molecule has 0 saturated heterocycles. The minimum atomic E-state index is -4.11. The summed E-state index contributed by atoms with van der Waals surface area (Å²) in [6.07, 6.45) is 0. The van der Waals surface area contributed by atoms with Crippen LogP contribution in [0.1, 0.15) is 26.3 Å². The highest BCUT2D eigenvalue weighted by atomic mass is 35.5. The first-order valence-corrected chi connectivity index (χ1v) is 12.2. The van der Waals surface area contributed by atoms with Crippen LogP contribution in [0.4, 0.5) is 11.4 Å². The van der Waals surface area contributed by atoms with Crippen LogP contribution in [0.25, 0.3) is 0 Å². The van der Waals surface area contributed by atoms with E-state index >= 15 is 0 Å². The summed E-state index contributed by atoms with van der Waals surface area (Å²) in [7, 11) is -2.74. The lowest BCUT2D eigenvalue weighted by molar-refractivity contribution is 0.0696. The summed E-state index contributed by atoms with van der Waals surface area (Å²) in [5, 5.41) is 12.1. The van der Waals surface area contributed by atoms with Crippen molar-refractivity contribution < 1.29 is 32.6 Å². The molecule has 0 aromatic heterocycles. The highest BCUT2D eigenvalue weighted by molar-refractivity contribution is 7.93. The topological polar surface area (TPSA) is 122 Å². The van der Waals surface area contributed by atoms with Gasteiger partial charge in [-0.2, -0.15) is 0 Å². The Labute approximate surface area is 206 Å². The third-order valence-corrected chi connectivity index (χ3v) is 7.53. The van der Waals surface area contributed by atoms with Gasteiger partial charge in [0.2, 0.25) is 0 Å². The zero-order chi connectivity index (χ0) is 25.3. The van der Waals surface area contributed by atoms with Gasteiger partial charge in [-0.15, -0.1) is 0 Å². The van der Waals surface area contributed by atoms with Gasteiger partial charge >= 0.3 is 5.97 Å². The van der Waals surface area contributed by atoms with Crippen LogP contribution in [0.5, 0.6) is 11.5 Å². The Morgan fingerprint density at radius 3 is 2.51 bits per heavy atom. The number of carboxylic acids is 1. The molecule has 4 rings (SSSR count). The van der Waals surface area contributed by atoms with Gasteiger partial charge in [-0.05, 0) is 67.1 Å². The van der Waals surface area contributed by atoms with Gasteiger partial charge in [-0.1, -0.05) is 11.6 Å². The molecular weight excluding hydrogens is 496 g/mol. The van der Waals surface area contributed by atoms with Crippen molar-refractivity contribution in [3.05, 3.63) is 76.3 Å². The van der Waals surface area contributed by atoms with Gasteiger partial charge in [0.15, 0.2) is 0 Å². The minimum absolute atomic E-state index is 0.0197. The molecule has 1 aliphatic heterocycles. The van der Waals surface area contributed by atoms with E-state index in [1.807, 2.05) is 0 Å². The maximum atomic E-state index is 13.6. The first-order chi connectivity index (χ1) is 16.6. The zero-order valence-electron chi connectivity index (χ0n) is 18.7. The van der Waals surface area contributed by atoms with Crippen molar-refractivity contribution in [1.29, 1.82) is 0 Å². The molecule has 0 aliphatic carbocycles. The number of nitrogens with one attached hydrogen (secondary N) is 1. The Morgan fingerprint density at radius 1 is 1.09 bits per heavy atom. The van der Waals surface area contributed by atoms with Gasteiger partial charge in [0.1, 0.15) is 23.0 Å². The molecule has 0 fully saturated rings. The molecule has 3 aromatic carbocycles. The van der Waals surface area contributed by atoms with E-state index in [-0.39, 0.29) is 45.6 Å². The normalized spacial score (nSPS) is 12.9. The number of methoxy groups -OCH3 is 1. The van der Waals surface area contributed by atoms with E-state index in [1.165, 1.54) is 61.7 Å². The molecule has 1 amide bonds. The van der Waals surface area contributed by atoms with Gasteiger partial charge in [0.05, 0.1) is 24.9 Å². The van der Waals surface area contributed by atoms with Crippen LogP contribution < -0.4 is 19.1 Å². The maximum absolute atomic E-state index is 13.6. The number of sulfonamides is 1. The summed E-state index contributed by atoms with van der Waals surface area (Å²) >= 11 is 6.05. The number of aromatic carboxylic acids is 1. The highest BCUT2D eigenvalue weighted by Gasteiger charge is 2.33. The predicted molar refractivity (Wildman–Crippen MR) is 131 cm³/mol. The summed E-state index contributed by atoms with van der Waals surface area (Å²) in [4.78, 5) is 24.0. The molecular formula is C24H21ClN2O7S. The number of hydrogen-bond acceptors (Lipinski definition) is 6. The molecule has 1 heterocycles. The lowest BCUT2D eigenvalue weighted by Crippen LogP contribution is -2.38. The first-order valence-electron chi connectivity index (χ1n) is 10.4. The number of fused-ring (bicyclic) bond motifs is 1. The maximum Gasteiger partial charge on any atom is 0.335 e. The summed E-state index contributed by atoms with van der Waals surface area (Å²) in [6.45, 7) is 1.82. The average Bonchev–Trinajstić information content (AvgIpc) is 2.84. The Hall–Kier alpha value is -3.76. The Kier molecular flexibility index (Phi) is 6.60. The van der Waals surface area contributed by atoms with Crippen molar-refractivity contribution in [1.82, 2.24) is 0 Å². The van der Waals surface area contributed by atoms with Gasteiger partial charge in [0, 0.05) is 16.3 Å². The summed E-state index contributed by atoms with van der Waals surface area (Å²) in [5.41, 5.74) is 1.49. The van der Waals surface area contributed by atoms with Crippen LogP contribution >= 0.6 is 11.6 Å². The Bertz CT molecular complexity index is 1440. The molecule has 1 aliphatic rings. The molecule has 11 heteroatoms. The molecule has 0 radical (unpaired) electrons. The number of amides is 1. The largest absolute Gasteiger partial charge is 0.495 e. The van der Waals surface area contributed by atoms with Crippen LogP contribution in [0.2, 0.25) is 5.02 Å². The number of carbonyl (C=O) groups excluding carboxylic acids is 1. The van der Waals surface area contributed by atoms with Crippen LogP contribution in [0, 0.1) is 6.92 Å². The van der Waals surface area contributed by atoms with Crippen molar-refractivity contribution in [2.24, 2.45) is 0 Å². The second kappa shape index (κ2) is 9.47. The fraction of sp³-hybridized carbons (Fsp3) is 0.167. The smallest absolute Gasteiger partial charge is 0.335 e. The summed E-state index contributed by atoms with van der Waals surface area (Å²) < 4.78 is 39.1. The number of aryl methyl sites for hydroxylation is 1. The molecule has 0 spiro atoms. The Balaban J connectivity index is 1.69. The SMILES string of the molecule is COc1ccc(Cl)cc1S(=O)(=O)N1CCOc2ccc(C(=O)Nc3ccc(C(=O)O)cc3C)cc21. The zero-order valence-corrected chi connectivity index (χ0v) is 20.3. The molecule has 0 saturated carbocycles. The van der Waals surface area contributed by atoms with Gasteiger partial charge in [0.25, 0.3) is 15.9 Å². The van der Waals surface area contributed by atoms with Crippen LogP contribution in [-0.2, 0) is 10.0 Å². The number of rotatable bonds is 6. The number of nitrogens with zero attached hydrogens (tertiary/aromatic N) is 1. The molecule has 0 bridgehead atoms. The van der Waals surface area contributed by atoms with E-state index in [0.717, 1.165) is 4.31 Å². The van der Waals surface area contributed by atoms with Crippen molar-refractivity contribution in [3.63, 3.8) is 0 Å². The van der Waals surface area contributed by atoms with Gasteiger partial charge in [-0.3, -0.25) is 9.10 Å². The van der Waals surface area contributed by atoms with Crippen LogP contribution in [0.3, 0.4) is 0 Å². The number of carbonyl (C=O) groups is 2. The van der Waals surface area contributed by atoms with Crippen molar-refractivity contribution in [2.75, 3.05) is 29.9 Å². The second-order valence-electron chi connectivity index (χ2n) is 7.69. The molecule has 9 nitrogen and oxygen atoms in total. The number of ether oxygens (including phenoxy) is 2. The van der Waals surface area contributed by atoms with E-state index in [0.29, 0.717) is 17.0 Å². The Morgan fingerprint density at radius 2 is 1.83 bits per heavy atom. The first kappa shape index (κ1) is 24.4. The van der Waals surface area contributed by atoms with E-state index in [9.17, 15) is 18.0 Å². The second-order valence-corrected chi connectivity index (χ2v) is 9.96. The van der Waals surface area contributed by atoms with Crippen molar-refractivity contribution in [2.45, 2.75) is 11.8 Å².